The zero-order valence-corrected chi connectivity index (χ0v) is 15.5. The van der Waals surface area contributed by atoms with Crippen LogP contribution in [0.5, 0.6) is 0 Å². The van der Waals surface area contributed by atoms with Crippen LogP contribution in [0, 0.1) is 5.92 Å². The molecule has 1 atom stereocenters. The molecule has 2 N–H and O–H groups in total. The van der Waals surface area contributed by atoms with Gasteiger partial charge in [0.1, 0.15) is 4.90 Å². The Hall–Kier alpha value is -2.45. The molecule has 1 aromatic carbocycles. The molecule has 8 heteroatoms. The molecule has 2 aromatic rings. The molecule has 1 unspecified atom stereocenters. The minimum atomic E-state index is -3.75. The van der Waals surface area contributed by atoms with Gasteiger partial charge in [-0.1, -0.05) is 32.0 Å². The zero-order chi connectivity index (χ0) is 18.7. The number of carbonyl (C=O) groups is 1. The standard InChI is InChI=1S/C18H22N4O3S/c1-13(2)11-22(12-14-7-5-6-10-19-14)18(23)17-20-15-8-3-4-9-16(15)26(24,25)21-17/h3-10,13,17,20-21H,11-12H2,1-2H3. The molecule has 1 amide bonds. The van der Waals surface area contributed by atoms with Crippen molar-refractivity contribution in [1.29, 1.82) is 0 Å². The summed E-state index contributed by atoms with van der Waals surface area (Å²) in [6.07, 6.45) is 0.628. The van der Waals surface area contributed by atoms with Crippen molar-refractivity contribution in [3.05, 3.63) is 54.4 Å². The molecule has 3 rings (SSSR count). The quantitative estimate of drug-likeness (QED) is 0.833. The molecular weight excluding hydrogens is 352 g/mol. The zero-order valence-electron chi connectivity index (χ0n) is 14.7. The van der Waals surface area contributed by atoms with Crippen LogP contribution in [0.3, 0.4) is 0 Å². The van der Waals surface area contributed by atoms with E-state index in [1.165, 1.54) is 6.07 Å². The van der Waals surface area contributed by atoms with Crippen LogP contribution in [0.2, 0.25) is 0 Å². The van der Waals surface area contributed by atoms with E-state index in [0.29, 0.717) is 18.8 Å². The van der Waals surface area contributed by atoms with Crippen LogP contribution < -0.4 is 10.0 Å². The molecular formula is C18H22N4O3S. The fourth-order valence-corrected chi connectivity index (χ4v) is 4.15. The number of benzene rings is 1. The fraction of sp³-hybridized carbons (Fsp3) is 0.333. The first kappa shape index (κ1) is 18.3. The Morgan fingerprint density at radius 2 is 1.92 bits per heavy atom. The van der Waals surface area contributed by atoms with Gasteiger partial charge in [0.05, 0.1) is 17.9 Å². The van der Waals surface area contributed by atoms with Gasteiger partial charge in [0, 0.05) is 12.7 Å². The average Bonchev–Trinajstić information content (AvgIpc) is 2.60. The number of nitrogens with zero attached hydrogens (tertiary/aromatic N) is 2. The number of rotatable bonds is 5. The van der Waals surface area contributed by atoms with E-state index < -0.39 is 16.2 Å². The number of nitrogens with one attached hydrogen (secondary N) is 2. The molecule has 2 heterocycles. The van der Waals surface area contributed by atoms with E-state index in [4.69, 9.17) is 0 Å². The van der Waals surface area contributed by atoms with Crippen LogP contribution in [-0.4, -0.2) is 36.9 Å². The highest BCUT2D eigenvalue weighted by molar-refractivity contribution is 7.89. The van der Waals surface area contributed by atoms with Crippen molar-refractivity contribution >= 4 is 21.6 Å². The summed E-state index contributed by atoms with van der Waals surface area (Å²) in [5.41, 5.74) is 1.17. The van der Waals surface area contributed by atoms with E-state index in [0.717, 1.165) is 5.69 Å². The van der Waals surface area contributed by atoms with Crippen LogP contribution >= 0.6 is 0 Å². The number of sulfonamides is 1. The lowest BCUT2D eigenvalue weighted by molar-refractivity contribution is -0.133. The summed E-state index contributed by atoms with van der Waals surface area (Å²) < 4.78 is 27.4. The summed E-state index contributed by atoms with van der Waals surface area (Å²) in [6, 6.07) is 12.0. The van der Waals surface area contributed by atoms with Crippen LogP contribution in [0.25, 0.3) is 0 Å². The maximum atomic E-state index is 13.0. The van der Waals surface area contributed by atoms with Gasteiger partial charge in [0.2, 0.25) is 10.0 Å². The largest absolute Gasteiger partial charge is 0.360 e. The topological polar surface area (TPSA) is 91.4 Å². The normalized spacial score (nSPS) is 18.0. The molecule has 138 valence electrons. The summed E-state index contributed by atoms with van der Waals surface area (Å²) in [5.74, 6) is -0.0995. The van der Waals surface area contributed by atoms with Crippen LogP contribution in [0.15, 0.2) is 53.6 Å². The first-order chi connectivity index (χ1) is 12.4. The Bertz CT molecular complexity index is 884. The predicted molar refractivity (Wildman–Crippen MR) is 98.7 cm³/mol. The van der Waals surface area contributed by atoms with Gasteiger partial charge in [-0.3, -0.25) is 9.78 Å². The molecule has 0 spiro atoms. The molecule has 7 nitrogen and oxygen atoms in total. The Labute approximate surface area is 153 Å². The summed E-state index contributed by atoms with van der Waals surface area (Å²) in [5, 5.41) is 2.99. The van der Waals surface area contributed by atoms with Crippen LogP contribution in [-0.2, 0) is 21.4 Å². The van der Waals surface area contributed by atoms with Crippen LogP contribution in [0.1, 0.15) is 19.5 Å². The molecule has 0 saturated carbocycles. The second kappa shape index (κ2) is 7.43. The molecule has 1 aliphatic heterocycles. The van der Waals surface area contributed by atoms with Crippen molar-refractivity contribution in [3.8, 4) is 0 Å². The van der Waals surface area contributed by atoms with E-state index >= 15 is 0 Å². The van der Waals surface area contributed by atoms with Crippen molar-refractivity contribution in [2.75, 3.05) is 11.9 Å². The van der Waals surface area contributed by atoms with Gasteiger partial charge < -0.3 is 10.2 Å². The number of aromatic nitrogens is 1. The maximum Gasteiger partial charge on any atom is 0.261 e. The highest BCUT2D eigenvalue weighted by Crippen LogP contribution is 2.26. The number of fused-ring (bicyclic) bond motifs is 1. The summed E-state index contributed by atoms with van der Waals surface area (Å²) in [4.78, 5) is 19.1. The van der Waals surface area contributed by atoms with E-state index in [1.807, 2.05) is 32.0 Å². The van der Waals surface area contributed by atoms with Gasteiger partial charge in [-0.2, -0.15) is 4.72 Å². The molecule has 0 fully saturated rings. The molecule has 1 aliphatic rings. The lowest BCUT2D eigenvalue weighted by Crippen LogP contribution is -2.55. The predicted octanol–water partition coefficient (Wildman–Crippen LogP) is 1.80. The first-order valence-corrected chi connectivity index (χ1v) is 9.92. The molecule has 1 aromatic heterocycles. The third-order valence-electron chi connectivity index (χ3n) is 3.97. The third-order valence-corrected chi connectivity index (χ3v) is 5.45. The molecule has 0 aliphatic carbocycles. The summed E-state index contributed by atoms with van der Waals surface area (Å²) in [6.45, 7) is 4.83. The van der Waals surface area contributed by atoms with E-state index in [9.17, 15) is 13.2 Å². The Kier molecular flexibility index (Phi) is 5.24. The van der Waals surface area contributed by atoms with Gasteiger partial charge in [-0.25, -0.2) is 8.42 Å². The van der Waals surface area contributed by atoms with Gasteiger partial charge in [-0.15, -0.1) is 0 Å². The molecule has 0 bridgehead atoms. The average molecular weight is 374 g/mol. The lowest BCUT2D eigenvalue weighted by atomic mass is 10.2. The fourth-order valence-electron chi connectivity index (χ4n) is 2.88. The Morgan fingerprint density at radius 3 is 2.62 bits per heavy atom. The van der Waals surface area contributed by atoms with Gasteiger partial charge in [0.15, 0.2) is 6.17 Å². The molecule has 0 radical (unpaired) electrons. The summed E-state index contributed by atoms with van der Waals surface area (Å²) in [7, 11) is -3.75. The van der Waals surface area contributed by atoms with Crippen molar-refractivity contribution in [2.45, 2.75) is 31.5 Å². The first-order valence-electron chi connectivity index (χ1n) is 8.43. The highest BCUT2D eigenvalue weighted by atomic mass is 32.2. The molecule has 0 saturated heterocycles. The molecule has 26 heavy (non-hydrogen) atoms. The minimum Gasteiger partial charge on any atom is -0.360 e. The number of pyridine rings is 1. The van der Waals surface area contributed by atoms with E-state index in [1.54, 1.807) is 29.3 Å². The number of hydrogen-bond acceptors (Lipinski definition) is 5. The Morgan fingerprint density at radius 1 is 1.19 bits per heavy atom. The van der Waals surface area contributed by atoms with Gasteiger partial charge in [-0.05, 0) is 30.2 Å². The number of carbonyl (C=O) groups excluding carboxylic acids is 1. The van der Waals surface area contributed by atoms with Crippen molar-refractivity contribution < 1.29 is 13.2 Å². The number of para-hydroxylation sites is 1. The van der Waals surface area contributed by atoms with Crippen molar-refractivity contribution in [1.82, 2.24) is 14.6 Å². The van der Waals surface area contributed by atoms with E-state index in [2.05, 4.69) is 15.0 Å². The lowest BCUT2D eigenvalue weighted by Gasteiger charge is -2.32. The highest BCUT2D eigenvalue weighted by Gasteiger charge is 2.35. The van der Waals surface area contributed by atoms with Gasteiger partial charge >= 0.3 is 0 Å². The number of anilines is 1. The number of amides is 1. The van der Waals surface area contributed by atoms with Gasteiger partial charge in [0.25, 0.3) is 5.91 Å². The minimum absolute atomic E-state index is 0.143. The smallest absolute Gasteiger partial charge is 0.261 e. The van der Waals surface area contributed by atoms with Crippen molar-refractivity contribution in [2.24, 2.45) is 5.92 Å². The second-order valence-corrected chi connectivity index (χ2v) is 8.31. The summed E-state index contributed by atoms with van der Waals surface area (Å²) >= 11 is 0. The van der Waals surface area contributed by atoms with E-state index in [-0.39, 0.29) is 16.7 Å². The second-order valence-electron chi connectivity index (χ2n) is 6.63. The SMILES string of the molecule is CC(C)CN(Cc1ccccn1)C(=O)C1Nc2ccccc2S(=O)(=O)N1. The Balaban J connectivity index is 1.85. The maximum absolute atomic E-state index is 13.0. The monoisotopic (exact) mass is 374 g/mol. The third kappa shape index (κ3) is 4.03. The number of hydrogen-bond donors (Lipinski definition) is 2. The van der Waals surface area contributed by atoms with Crippen LogP contribution in [0.4, 0.5) is 5.69 Å². The van der Waals surface area contributed by atoms with Crippen molar-refractivity contribution in [3.63, 3.8) is 0 Å².